The van der Waals surface area contributed by atoms with Gasteiger partial charge in [-0.25, -0.2) is 0 Å². The van der Waals surface area contributed by atoms with Crippen LogP contribution in [0.5, 0.6) is 0 Å². The summed E-state index contributed by atoms with van der Waals surface area (Å²) in [6.07, 6.45) is 3.48. The van der Waals surface area contributed by atoms with E-state index in [9.17, 15) is 4.79 Å². The summed E-state index contributed by atoms with van der Waals surface area (Å²) in [7, 11) is 0. The first-order valence-electron chi connectivity index (χ1n) is 6.45. The van der Waals surface area contributed by atoms with Gasteiger partial charge in [0.05, 0.1) is 9.09 Å². The summed E-state index contributed by atoms with van der Waals surface area (Å²) in [6, 6.07) is 0. The van der Waals surface area contributed by atoms with Crippen LogP contribution in [0.15, 0.2) is 8.73 Å². The van der Waals surface area contributed by atoms with Crippen molar-refractivity contribution in [1.82, 2.24) is 10.1 Å². The third-order valence-corrected chi connectivity index (χ3v) is 5.79. The molecular weight excluding hydrogens is 292 g/mol. The highest BCUT2D eigenvalue weighted by molar-refractivity contribution is 8.00. The quantitative estimate of drug-likeness (QED) is 0.785. The maximum atomic E-state index is 12.5. The van der Waals surface area contributed by atoms with Crippen molar-refractivity contribution in [2.75, 3.05) is 6.26 Å². The van der Waals surface area contributed by atoms with Gasteiger partial charge in [-0.3, -0.25) is 4.79 Å². The van der Waals surface area contributed by atoms with Crippen LogP contribution >= 0.6 is 23.1 Å². The fourth-order valence-corrected chi connectivity index (χ4v) is 4.68. The number of aromatic nitrogens is 2. The van der Waals surface area contributed by atoms with Crippen LogP contribution in [0.2, 0.25) is 0 Å². The van der Waals surface area contributed by atoms with E-state index < -0.39 is 0 Å². The molecule has 0 atom stereocenters. The maximum Gasteiger partial charge on any atom is 0.268 e. The van der Waals surface area contributed by atoms with E-state index >= 15 is 0 Å². The van der Waals surface area contributed by atoms with Crippen molar-refractivity contribution >= 4 is 28.9 Å². The van der Waals surface area contributed by atoms with Gasteiger partial charge >= 0.3 is 0 Å². The number of hydrogen-bond acceptors (Lipinski definition) is 6. The Kier molecular flexibility index (Phi) is 3.25. The highest BCUT2D eigenvalue weighted by Crippen LogP contribution is 2.47. The summed E-state index contributed by atoms with van der Waals surface area (Å²) in [5.41, 5.74) is 1.96. The molecule has 1 aliphatic rings. The minimum atomic E-state index is -0.00927. The third-order valence-electron chi connectivity index (χ3n) is 3.46. The average molecular weight is 308 g/mol. The number of rotatable bonds is 2. The largest absolute Gasteiger partial charge is 0.333 e. The molecule has 3 rings (SSSR count). The lowest BCUT2D eigenvalue weighted by molar-refractivity contribution is 0.0910. The van der Waals surface area contributed by atoms with Gasteiger partial charge in [0.25, 0.3) is 5.89 Å². The minimum absolute atomic E-state index is 0.00927. The zero-order valence-corrected chi connectivity index (χ0v) is 13.6. The van der Waals surface area contributed by atoms with Crippen molar-refractivity contribution in [2.45, 2.75) is 37.8 Å². The van der Waals surface area contributed by atoms with Crippen LogP contribution in [-0.4, -0.2) is 22.2 Å². The zero-order valence-electron chi connectivity index (χ0n) is 11.9. The number of carbonyl (C=O) groups excluding carboxylic acids is 1. The highest BCUT2D eigenvalue weighted by Gasteiger charge is 2.37. The van der Waals surface area contributed by atoms with Crippen LogP contribution in [0.3, 0.4) is 0 Å². The summed E-state index contributed by atoms with van der Waals surface area (Å²) in [6.45, 7) is 6.07. The summed E-state index contributed by atoms with van der Waals surface area (Å²) >= 11 is 3.21. The Morgan fingerprint density at radius 1 is 1.35 bits per heavy atom. The number of thiophene rings is 1. The average Bonchev–Trinajstić information content (AvgIpc) is 2.91. The molecule has 0 saturated heterocycles. The summed E-state index contributed by atoms with van der Waals surface area (Å²) in [4.78, 5) is 17.7. The number of ketones is 1. The maximum absolute atomic E-state index is 12.5. The van der Waals surface area contributed by atoms with E-state index in [2.05, 4.69) is 24.0 Å². The van der Waals surface area contributed by atoms with Crippen molar-refractivity contribution in [3.05, 3.63) is 17.0 Å². The molecule has 20 heavy (non-hydrogen) atoms. The Bertz CT molecular complexity index is 685. The van der Waals surface area contributed by atoms with E-state index in [0.29, 0.717) is 18.1 Å². The molecule has 6 heteroatoms. The smallest absolute Gasteiger partial charge is 0.268 e. The van der Waals surface area contributed by atoms with Gasteiger partial charge in [0, 0.05) is 12.0 Å². The molecule has 0 saturated carbocycles. The molecule has 0 spiro atoms. The first kappa shape index (κ1) is 13.8. The fourth-order valence-electron chi connectivity index (χ4n) is 2.66. The molecular formula is C14H16N2O2S2. The molecule has 2 heterocycles. The molecule has 0 unspecified atom stereocenters. The molecule has 1 aliphatic carbocycles. The minimum Gasteiger partial charge on any atom is -0.333 e. The van der Waals surface area contributed by atoms with Gasteiger partial charge in [-0.15, -0.1) is 23.1 Å². The molecule has 0 bridgehead atoms. The van der Waals surface area contributed by atoms with Crippen LogP contribution in [0, 0.1) is 12.3 Å². The molecule has 4 nitrogen and oxygen atoms in total. The van der Waals surface area contributed by atoms with Crippen LogP contribution in [0.4, 0.5) is 0 Å². The predicted molar refractivity (Wildman–Crippen MR) is 80.6 cm³/mol. The summed E-state index contributed by atoms with van der Waals surface area (Å²) in [5, 5.41) is 3.86. The van der Waals surface area contributed by atoms with Crippen molar-refractivity contribution in [2.24, 2.45) is 5.41 Å². The Morgan fingerprint density at radius 3 is 2.70 bits per heavy atom. The third kappa shape index (κ3) is 2.20. The summed E-state index contributed by atoms with van der Waals surface area (Å²) < 4.78 is 6.37. The van der Waals surface area contributed by atoms with E-state index in [1.165, 1.54) is 0 Å². The lowest BCUT2D eigenvalue weighted by atomic mass is 9.74. The standard InChI is InChI=1S/C14H16N2O2S2/c1-7-15-12(18-16-7)11-8-5-14(2,3)6-9(17)10(8)13(19-4)20-11/h5-6H2,1-4H3. The highest BCUT2D eigenvalue weighted by atomic mass is 32.2. The van der Waals surface area contributed by atoms with Crippen molar-refractivity contribution in [3.8, 4) is 10.8 Å². The van der Waals surface area contributed by atoms with Crippen molar-refractivity contribution in [3.63, 3.8) is 0 Å². The zero-order chi connectivity index (χ0) is 14.5. The molecule has 0 N–H and O–H groups in total. The lowest BCUT2D eigenvalue weighted by Gasteiger charge is -2.29. The normalized spacial score (nSPS) is 17.3. The number of nitrogens with zero attached hydrogens (tertiary/aromatic N) is 2. The van der Waals surface area contributed by atoms with Gasteiger partial charge in [-0.2, -0.15) is 4.98 Å². The van der Waals surface area contributed by atoms with Crippen LogP contribution in [-0.2, 0) is 6.42 Å². The van der Waals surface area contributed by atoms with Gasteiger partial charge in [0.15, 0.2) is 11.6 Å². The van der Waals surface area contributed by atoms with Crippen LogP contribution < -0.4 is 0 Å². The molecule has 0 aliphatic heterocycles. The first-order chi connectivity index (χ1) is 9.41. The van der Waals surface area contributed by atoms with Gasteiger partial charge in [0.2, 0.25) is 0 Å². The Hall–Kier alpha value is -1.14. The Balaban J connectivity index is 2.20. The fraction of sp³-hybridized carbons (Fsp3) is 0.500. The SMILES string of the molecule is CSc1sc(-c2nc(C)no2)c2c1C(=O)CC(C)(C)C2. The van der Waals surface area contributed by atoms with Crippen LogP contribution in [0.25, 0.3) is 10.8 Å². The van der Waals surface area contributed by atoms with E-state index in [-0.39, 0.29) is 11.2 Å². The molecule has 2 aromatic heterocycles. The number of thioether (sulfide) groups is 1. The van der Waals surface area contributed by atoms with Gasteiger partial charge in [-0.05, 0) is 30.6 Å². The second kappa shape index (κ2) is 4.70. The van der Waals surface area contributed by atoms with E-state index in [1.807, 2.05) is 6.26 Å². The van der Waals surface area contributed by atoms with E-state index in [1.54, 1.807) is 30.0 Å². The number of aryl methyl sites for hydroxylation is 1. The molecule has 0 aromatic carbocycles. The van der Waals surface area contributed by atoms with Gasteiger partial charge in [-0.1, -0.05) is 19.0 Å². The van der Waals surface area contributed by atoms with Gasteiger partial charge in [0.1, 0.15) is 0 Å². The first-order valence-corrected chi connectivity index (χ1v) is 8.49. The second-order valence-electron chi connectivity index (χ2n) is 5.86. The number of fused-ring (bicyclic) bond motifs is 1. The second-order valence-corrected chi connectivity index (χ2v) is 7.96. The molecule has 0 amide bonds. The van der Waals surface area contributed by atoms with E-state index in [0.717, 1.165) is 26.6 Å². The number of carbonyl (C=O) groups is 1. The number of Topliss-reactive ketones (excluding diaryl/α,β-unsaturated/α-hetero) is 1. The Morgan fingerprint density at radius 2 is 2.10 bits per heavy atom. The lowest BCUT2D eigenvalue weighted by Crippen LogP contribution is -2.26. The summed E-state index contributed by atoms with van der Waals surface area (Å²) in [5.74, 6) is 1.39. The molecule has 0 radical (unpaired) electrons. The topological polar surface area (TPSA) is 56.0 Å². The van der Waals surface area contributed by atoms with Crippen LogP contribution in [0.1, 0.15) is 42.0 Å². The number of hydrogen-bond donors (Lipinski definition) is 0. The Labute approximate surface area is 126 Å². The molecule has 0 fully saturated rings. The van der Waals surface area contributed by atoms with Gasteiger partial charge < -0.3 is 4.52 Å². The predicted octanol–water partition coefficient (Wildman–Crippen LogP) is 3.98. The monoisotopic (exact) mass is 308 g/mol. The van der Waals surface area contributed by atoms with E-state index in [4.69, 9.17) is 4.52 Å². The van der Waals surface area contributed by atoms with Crippen molar-refractivity contribution in [1.29, 1.82) is 0 Å². The molecule has 2 aromatic rings. The van der Waals surface area contributed by atoms with Crippen molar-refractivity contribution < 1.29 is 9.32 Å². The molecule has 106 valence electrons.